The summed E-state index contributed by atoms with van der Waals surface area (Å²) in [6, 6.07) is 2.04. The van der Waals surface area contributed by atoms with E-state index in [2.05, 4.69) is 5.10 Å². The zero-order chi connectivity index (χ0) is 8.39. The minimum absolute atomic E-state index is 0.284. The van der Waals surface area contributed by atoms with Crippen LogP contribution in [-0.4, -0.2) is 16.4 Å². The average Bonchev–Trinajstić information content (AvgIpc) is 2.53. The van der Waals surface area contributed by atoms with Crippen molar-refractivity contribution in [1.82, 2.24) is 9.78 Å². The molecule has 0 aromatic carbocycles. The Hall–Kier alpha value is -0.830. The predicted molar refractivity (Wildman–Crippen MR) is 45.8 cm³/mol. The van der Waals surface area contributed by atoms with Gasteiger partial charge in [0.25, 0.3) is 0 Å². The average molecular weight is 166 g/mol. The van der Waals surface area contributed by atoms with Crippen molar-refractivity contribution in [3.05, 3.63) is 18.0 Å². The summed E-state index contributed by atoms with van der Waals surface area (Å²) in [5.74, 6) is 0. The van der Waals surface area contributed by atoms with Gasteiger partial charge in [-0.05, 0) is 25.3 Å². The van der Waals surface area contributed by atoms with Crippen LogP contribution in [0.2, 0.25) is 0 Å². The Morgan fingerprint density at radius 1 is 1.58 bits per heavy atom. The van der Waals surface area contributed by atoms with E-state index in [0.29, 0.717) is 0 Å². The molecule has 2 heterocycles. The molecule has 1 aromatic heterocycles. The molecule has 0 saturated carbocycles. The second-order valence-electron chi connectivity index (χ2n) is 3.23. The van der Waals surface area contributed by atoms with Crippen molar-refractivity contribution in [2.45, 2.75) is 25.4 Å². The third kappa shape index (κ3) is 1.37. The molecule has 0 amide bonds. The molecule has 0 radical (unpaired) electrons. The fraction of sp³-hybridized carbons (Fsp3) is 0.667. The second kappa shape index (κ2) is 3.27. The van der Waals surface area contributed by atoms with E-state index < -0.39 is 0 Å². The summed E-state index contributed by atoms with van der Waals surface area (Å²) in [6.07, 6.45) is 5.73. The van der Waals surface area contributed by atoms with Gasteiger partial charge in [-0.25, -0.2) is 0 Å². The van der Waals surface area contributed by atoms with Crippen molar-refractivity contribution in [1.29, 1.82) is 0 Å². The summed E-state index contributed by atoms with van der Waals surface area (Å²) in [6.45, 7) is 0.899. The van der Waals surface area contributed by atoms with Crippen molar-refractivity contribution in [3.63, 3.8) is 0 Å². The van der Waals surface area contributed by atoms with Gasteiger partial charge in [-0.1, -0.05) is 0 Å². The molecule has 1 unspecified atom stereocenters. The van der Waals surface area contributed by atoms with E-state index in [0.717, 1.165) is 13.0 Å². The first kappa shape index (κ1) is 7.80. The zero-order valence-electron chi connectivity index (χ0n) is 7.36. The normalized spacial score (nSPS) is 24.2. The molecule has 12 heavy (non-hydrogen) atoms. The van der Waals surface area contributed by atoms with E-state index in [1.54, 1.807) is 0 Å². The van der Waals surface area contributed by atoms with Crippen molar-refractivity contribution in [3.8, 4) is 0 Å². The van der Waals surface area contributed by atoms with E-state index in [1.807, 2.05) is 24.0 Å². The quantitative estimate of drug-likeness (QED) is 0.634. The van der Waals surface area contributed by atoms with Crippen molar-refractivity contribution in [2.24, 2.45) is 7.05 Å². The molecule has 2 rings (SSSR count). The number of aromatic nitrogens is 2. The van der Waals surface area contributed by atoms with E-state index >= 15 is 0 Å². The molecule has 1 saturated heterocycles. The smallest absolute Gasteiger partial charge is 0.0991 e. The summed E-state index contributed by atoms with van der Waals surface area (Å²) in [7, 11) is 1.97. The third-order valence-corrected chi connectivity index (χ3v) is 2.37. The van der Waals surface area contributed by atoms with Crippen LogP contribution in [0.1, 0.15) is 31.1 Å². The van der Waals surface area contributed by atoms with Gasteiger partial charge < -0.3 is 4.74 Å². The van der Waals surface area contributed by atoms with Crippen LogP contribution >= 0.6 is 0 Å². The number of hydrogen-bond acceptors (Lipinski definition) is 2. The van der Waals surface area contributed by atoms with E-state index in [4.69, 9.17) is 4.74 Å². The van der Waals surface area contributed by atoms with Crippen LogP contribution in [0.15, 0.2) is 12.3 Å². The molecule has 1 aliphatic heterocycles. The molecular formula is C9H14N2O. The second-order valence-corrected chi connectivity index (χ2v) is 3.23. The van der Waals surface area contributed by atoms with Gasteiger partial charge in [0.15, 0.2) is 0 Å². The topological polar surface area (TPSA) is 27.1 Å². The van der Waals surface area contributed by atoms with E-state index in [9.17, 15) is 0 Å². The first-order chi connectivity index (χ1) is 5.88. The Morgan fingerprint density at radius 3 is 3.08 bits per heavy atom. The van der Waals surface area contributed by atoms with E-state index in [1.165, 1.54) is 18.5 Å². The predicted octanol–water partition coefficient (Wildman–Crippen LogP) is 1.66. The number of nitrogens with zero attached hydrogens (tertiary/aromatic N) is 2. The third-order valence-electron chi connectivity index (χ3n) is 2.37. The van der Waals surface area contributed by atoms with E-state index in [-0.39, 0.29) is 6.10 Å². The summed E-state index contributed by atoms with van der Waals surface area (Å²) in [5.41, 5.74) is 1.20. The van der Waals surface area contributed by atoms with Crippen LogP contribution in [0.4, 0.5) is 0 Å². The first-order valence-electron chi connectivity index (χ1n) is 4.47. The highest BCUT2D eigenvalue weighted by atomic mass is 16.5. The standard InChI is InChI=1S/C9H14N2O/c1-11-8(5-6-10-11)9-4-2-3-7-12-9/h5-6,9H,2-4,7H2,1H3. The first-order valence-corrected chi connectivity index (χ1v) is 4.47. The molecule has 0 N–H and O–H groups in total. The summed E-state index contributed by atoms with van der Waals surface area (Å²) in [5, 5.41) is 4.13. The van der Waals surface area contributed by atoms with Crippen molar-refractivity contribution < 1.29 is 4.74 Å². The van der Waals surface area contributed by atoms with Crippen LogP contribution in [-0.2, 0) is 11.8 Å². The van der Waals surface area contributed by atoms with Gasteiger partial charge in [-0.15, -0.1) is 0 Å². The molecule has 3 heteroatoms. The SMILES string of the molecule is Cn1nccc1C1CCCCO1. The highest BCUT2D eigenvalue weighted by Gasteiger charge is 2.18. The maximum absolute atomic E-state index is 5.64. The van der Waals surface area contributed by atoms with Gasteiger partial charge in [0.1, 0.15) is 0 Å². The van der Waals surface area contributed by atoms with Crippen molar-refractivity contribution in [2.75, 3.05) is 6.61 Å². The lowest BCUT2D eigenvalue weighted by Gasteiger charge is -2.22. The van der Waals surface area contributed by atoms with Crippen molar-refractivity contribution >= 4 is 0 Å². The highest BCUT2D eigenvalue weighted by molar-refractivity contribution is 5.04. The lowest BCUT2D eigenvalue weighted by atomic mass is 10.1. The zero-order valence-corrected chi connectivity index (χ0v) is 7.36. The van der Waals surface area contributed by atoms with Gasteiger partial charge in [0.2, 0.25) is 0 Å². The molecule has 3 nitrogen and oxygen atoms in total. The molecule has 0 aliphatic carbocycles. The number of rotatable bonds is 1. The molecule has 1 aliphatic rings. The molecule has 1 aromatic rings. The Kier molecular flexibility index (Phi) is 2.13. The maximum Gasteiger partial charge on any atom is 0.0991 e. The maximum atomic E-state index is 5.64. The Morgan fingerprint density at radius 2 is 2.50 bits per heavy atom. The summed E-state index contributed by atoms with van der Waals surface area (Å²) in [4.78, 5) is 0. The van der Waals surface area contributed by atoms with Gasteiger partial charge in [0, 0.05) is 19.9 Å². The lowest BCUT2D eigenvalue weighted by Crippen LogP contribution is -2.14. The van der Waals surface area contributed by atoms with Gasteiger partial charge in [-0.3, -0.25) is 4.68 Å². The highest BCUT2D eigenvalue weighted by Crippen LogP contribution is 2.26. The Balaban J connectivity index is 2.13. The molecule has 0 spiro atoms. The van der Waals surface area contributed by atoms with Gasteiger partial charge in [-0.2, -0.15) is 5.10 Å². The Bertz CT molecular complexity index is 251. The number of hydrogen-bond donors (Lipinski definition) is 0. The van der Waals surface area contributed by atoms with Crippen LogP contribution in [0.25, 0.3) is 0 Å². The monoisotopic (exact) mass is 166 g/mol. The van der Waals surface area contributed by atoms with Gasteiger partial charge >= 0.3 is 0 Å². The lowest BCUT2D eigenvalue weighted by molar-refractivity contribution is 0.0101. The minimum atomic E-state index is 0.284. The van der Waals surface area contributed by atoms with Gasteiger partial charge in [0.05, 0.1) is 11.8 Å². The molecular weight excluding hydrogens is 152 g/mol. The van der Waals surface area contributed by atoms with Crippen LogP contribution in [0, 0.1) is 0 Å². The largest absolute Gasteiger partial charge is 0.372 e. The molecule has 1 atom stereocenters. The van der Waals surface area contributed by atoms with Crippen LogP contribution in [0.3, 0.4) is 0 Å². The number of ether oxygens (including phenoxy) is 1. The number of aryl methyl sites for hydroxylation is 1. The van der Waals surface area contributed by atoms with Crippen LogP contribution < -0.4 is 0 Å². The molecule has 66 valence electrons. The molecule has 1 fully saturated rings. The Labute approximate surface area is 72.3 Å². The fourth-order valence-corrected chi connectivity index (χ4v) is 1.67. The van der Waals surface area contributed by atoms with Crippen LogP contribution in [0.5, 0.6) is 0 Å². The summed E-state index contributed by atoms with van der Waals surface area (Å²) < 4.78 is 7.54. The summed E-state index contributed by atoms with van der Waals surface area (Å²) >= 11 is 0. The fourth-order valence-electron chi connectivity index (χ4n) is 1.67. The molecule has 0 bridgehead atoms. The minimum Gasteiger partial charge on any atom is -0.372 e.